The number of carbonyl (C=O) groups is 2. The number of hydrogen-bond donors (Lipinski definition) is 2. The first kappa shape index (κ1) is 23.5. The van der Waals surface area contributed by atoms with Crippen LogP contribution in [0, 0.1) is 0 Å². The first-order chi connectivity index (χ1) is 15.2. The van der Waals surface area contributed by atoms with Crippen LogP contribution in [-0.2, 0) is 17.8 Å². The third-order valence-electron chi connectivity index (χ3n) is 4.59. The first-order valence-corrected chi connectivity index (χ1v) is 11.5. The first-order valence-electron chi connectivity index (χ1n) is 10.5. The molecule has 0 atom stereocenters. The summed E-state index contributed by atoms with van der Waals surface area (Å²) in [5.41, 5.74) is 1.21. The number of carbonyl (C=O) groups excluding carboxylic acids is 2. The number of thioether (sulfide) groups is 1. The third-order valence-corrected chi connectivity index (χ3v) is 5.57. The van der Waals surface area contributed by atoms with E-state index in [0.717, 1.165) is 24.6 Å². The number of amides is 3. The Morgan fingerprint density at radius 1 is 1.03 bits per heavy atom. The van der Waals surface area contributed by atoms with Gasteiger partial charge in [-0.25, -0.2) is 9.78 Å². The van der Waals surface area contributed by atoms with Gasteiger partial charge >= 0.3 is 6.03 Å². The van der Waals surface area contributed by atoms with E-state index in [-0.39, 0.29) is 11.3 Å². The minimum atomic E-state index is -0.546. The number of aromatic nitrogens is 2. The topological polar surface area (TPSA) is 93.1 Å². The lowest BCUT2D eigenvalue weighted by molar-refractivity contribution is -0.117. The van der Waals surface area contributed by atoms with E-state index in [1.165, 1.54) is 5.56 Å². The average molecular weight is 453 g/mol. The number of benzene rings is 2. The van der Waals surface area contributed by atoms with E-state index >= 15 is 0 Å². The Balaban J connectivity index is 1.74. The summed E-state index contributed by atoms with van der Waals surface area (Å²) in [6, 6.07) is 16.7. The summed E-state index contributed by atoms with van der Waals surface area (Å²) in [5.74, 6) is -0.476. The van der Waals surface area contributed by atoms with Gasteiger partial charge in [0.15, 0.2) is 5.16 Å². The van der Waals surface area contributed by atoms with E-state index < -0.39 is 17.5 Å². The quantitative estimate of drug-likeness (QED) is 0.421. The number of para-hydroxylation sites is 1. The van der Waals surface area contributed by atoms with Crippen LogP contribution >= 0.6 is 11.8 Å². The molecule has 0 aliphatic heterocycles. The lowest BCUT2D eigenvalue weighted by atomic mass is 10.1. The van der Waals surface area contributed by atoms with E-state index in [4.69, 9.17) is 0 Å². The Hall–Kier alpha value is -3.13. The van der Waals surface area contributed by atoms with Gasteiger partial charge < -0.3 is 5.32 Å². The fraction of sp³-hybridized carbons (Fsp3) is 0.333. The van der Waals surface area contributed by atoms with Crippen molar-refractivity contribution < 1.29 is 9.59 Å². The summed E-state index contributed by atoms with van der Waals surface area (Å²) >= 11 is 1.15. The molecular weight excluding hydrogens is 424 g/mol. The van der Waals surface area contributed by atoms with Gasteiger partial charge in [-0.05, 0) is 51.3 Å². The fourth-order valence-corrected chi connectivity index (χ4v) is 4.03. The Bertz CT molecular complexity index is 1150. The van der Waals surface area contributed by atoms with Crippen LogP contribution < -0.4 is 16.2 Å². The summed E-state index contributed by atoms with van der Waals surface area (Å²) in [4.78, 5) is 41.9. The second-order valence-corrected chi connectivity index (χ2v) is 9.44. The normalized spacial score (nSPS) is 11.3. The van der Waals surface area contributed by atoms with Crippen molar-refractivity contribution in [3.63, 3.8) is 0 Å². The zero-order chi connectivity index (χ0) is 23.1. The predicted molar refractivity (Wildman–Crippen MR) is 128 cm³/mol. The third kappa shape index (κ3) is 6.68. The van der Waals surface area contributed by atoms with Crippen molar-refractivity contribution in [1.29, 1.82) is 0 Å². The molecule has 0 unspecified atom stereocenters. The van der Waals surface area contributed by atoms with Gasteiger partial charge in [-0.15, -0.1) is 0 Å². The van der Waals surface area contributed by atoms with Crippen LogP contribution in [0.5, 0.6) is 0 Å². The molecule has 0 saturated carbocycles. The average Bonchev–Trinajstić information content (AvgIpc) is 2.73. The molecule has 32 heavy (non-hydrogen) atoms. The molecular formula is C24H28N4O3S. The molecule has 3 rings (SSSR count). The molecule has 0 bridgehead atoms. The van der Waals surface area contributed by atoms with Gasteiger partial charge in [0.2, 0.25) is 5.91 Å². The van der Waals surface area contributed by atoms with Crippen molar-refractivity contribution in [2.24, 2.45) is 0 Å². The molecule has 7 nitrogen and oxygen atoms in total. The highest BCUT2D eigenvalue weighted by atomic mass is 32.2. The number of nitrogens with zero attached hydrogens (tertiary/aromatic N) is 2. The number of fused-ring (bicyclic) bond motifs is 1. The van der Waals surface area contributed by atoms with E-state index in [9.17, 15) is 14.4 Å². The second-order valence-electron chi connectivity index (χ2n) is 8.50. The molecule has 2 N–H and O–H groups in total. The monoisotopic (exact) mass is 452 g/mol. The maximum absolute atomic E-state index is 13.1. The number of nitrogens with one attached hydrogen (secondary N) is 2. The van der Waals surface area contributed by atoms with Gasteiger partial charge in [0, 0.05) is 12.1 Å². The van der Waals surface area contributed by atoms with Crippen molar-refractivity contribution in [2.45, 2.75) is 50.9 Å². The van der Waals surface area contributed by atoms with Crippen LogP contribution in [0.25, 0.3) is 10.9 Å². The highest BCUT2D eigenvalue weighted by Crippen LogP contribution is 2.18. The van der Waals surface area contributed by atoms with E-state index in [1.54, 1.807) is 16.7 Å². The number of aryl methyl sites for hydroxylation is 1. The summed E-state index contributed by atoms with van der Waals surface area (Å²) in [6.45, 7) is 5.98. The number of rotatable bonds is 7. The smallest absolute Gasteiger partial charge is 0.321 e. The number of urea groups is 1. The van der Waals surface area contributed by atoms with Crippen LogP contribution in [0.3, 0.4) is 0 Å². The summed E-state index contributed by atoms with van der Waals surface area (Å²) in [5, 5.41) is 6.02. The van der Waals surface area contributed by atoms with Crippen LogP contribution in [0.2, 0.25) is 0 Å². The molecule has 1 heterocycles. The van der Waals surface area contributed by atoms with Gasteiger partial charge in [-0.1, -0.05) is 54.2 Å². The molecule has 0 radical (unpaired) electrons. The highest BCUT2D eigenvalue weighted by molar-refractivity contribution is 7.99. The molecule has 8 heteroatoms. The molecule has 3 aromatic rings. The Morgan fingerprint density at radius 3 is 2.44 bits per heavy atom. The lowest BCUT2D eigenvalue weighted by Gasteiger charge is -2.20. The molecule has 0 spiro atoms. The van der Waals surface area contributed by atoms with Gasteiger partial charge in [0.25, 0.3) is 5.56 Å². The molecule has 0 aliphatic carbocycles. The van der Waals surface area contributed by atoms with E-state index in [2.05, 4.69) is 27.8 Å². The maximum Gasteiger partial charge on any atom is 0.321 e. The van der Waals surface area contributed by atoms with Crippen molar-refractivity contribution in [2.75, 3.05) is 5.75 Å². The molecule has 0 aliphatic rings. The summed E-state index contributed by atoms with van der Waals surface area (Å²) in [6.07, 6.45) is 1.59. The Kier molecular flexibility index (Phi) is 7.69. The van der Waals surface area contributed by atoms with Crippen molar-refractivity contribution >= 4 is 34.6 Å². The minimum absolute atomic E-state index is 0.0268. The van der Waals surface area contributed by atoms with Crippen LogP contribution in [0.1, 0.15) is 32.8 Å². The Labute approximate surface area is 191 Å². The van der Waals surface area contributed by atoms with Crippen molar-refractivity contribution in [3.05, 3.63) is 70.5 Å². The summed E-state index contributed by atoms with van der Waals surface area (Å²) in [7, 11) is 0. The van der Waals surface area contributed by atoms with E-state index in [1.807, 2.05) is 51.1 Å². The zero-order valence-electron chi connectivity index (χ0n) is 18.6. The molecule has 0 saturated heterocycles. The van der Waals surface area contributed by atoms with Gasteiger partial charge in [-0.3, -0.25) is 19.5 Å². The lowest BCUT2D eigenvalue weighted by Crippen LogP contribution is -2.48. The Morgan fingerprint density at radius 2 is 1.72 bits per heavy atom. The van der Waals surface area contributed by atoms with Gasteiger partial charge in [-0.2, -0.15) is 0 Å². The molecule has 1 aromatic heterocycles. The fourth-order valence-electron chi connectivity index (χ4n) is 3.21. The van der Waals surface area contributed by atoms with Crippen molar-refractivity contribution in [3.8, 4) is 0 Å². The summed E-state index contributed by atoms with van der Waals surface area (Å²) < 4.78 is 1.62. The predicted octanol–water partition coefficient (Wildman–Crippen LogP) is 3.75. The molecule has 2 aromatic carbocycles. The largest absolute Gasteiger partial charge is 0.333 e. The molecule has 3 amide bonds. The number of hydrogen-bond acceptors (Lipinski definition) is 5. The highest BCUT2D eigenvalue weighted by Gasteiger charge is 2.17. The second kappa shape index (κ2) is 10.5. The minimum Gasteiger partial charge on any atom is -0.333 e. The standard InChI is InChI=1S/C24H28N4O3S/c1-24(2,3)27-22(31)26-20(29)16-32-23-25-19-14-8-7-13-18(19)21(30)28(23)15-9-12-17-10-5-4-6-11-17/h4-8,10-11,13-14H,9,12,15-16H2,1-3H3,(H2,26,27,29,31). The van der Waals surface area contributed by atoms with Gasteiger partial charge in [0.05, 0.1) is 16.7 Å². The zero-order valence-corrected chi connectivity index (χ0v) is 19.4. The van der Waals surface area contributed by atoms with Crippen LogP contribution in [-0.4, -0.2) is 32.8 Å². The van der Waals surface area contributed by atoms with Crippen LogP contribution in [0.15, 0.2) is 64.5 Å². The van der Waals surface area contributed by atoms with Crippen LogP contribution in [0.4, 0.5) is 4.79 Å². The molecule has 168 valence electrons. The molecule has 0 fully saturated rings. The van der Waals surface area contributed by atoms with E-state index in [0.29, 0.717) is 22.6 Å². The SMILES string of the molecule is CC(C)(C)NC(=O)NC(=O)CSc1nc2ccccc2c(=O)n1CCCc1ccccc1. The van der Waals surface area contributed by atoms with Gasteiger partial charge in [0.1, 0.15) is 0 Å². The number of imide groups is 1. The van der Waals surface area contributed by atoms with Crippen molar-refractivity contribution in [1.82, 2.24) is 20.2 Å². The maximum atomic E-state index is 13.1.